The first-order valence-electron chi connectivity index (χ1n) is 8.03. The van der Waals surface area contributed by atoms with Gasteiger partial charge in [-0.3, -0.25) is 0 Å². The van der Waals surface area contributed by atoms with Gasteiger partial charge in [0.2, 0.25) is 4.96 Å². The van der Waals surface area contributed by atoms with Crippen molar-refractivity contribution in [2.75, 3.05) is 27.1 Å². The Balaban J connectivity index is 1.78. The highest BCUT2D eigenvalue weighted by molar-refractivity contribution is 7.19. The molecule has 2 heterocycles. The van der Waals surface area contributed by atoms with Crippen LogP contribution in [0.25, 0.3) is 26.9 Å². The maximum absolute atomic E-state index is 6.01. The molecule has 0 saturated carbocycles. The number of ether oxygens (including phenoxy) is 3. The van der Waals surface area contributed by atoms with Crippen LogP contribution in [-0.4, -0.2) is 41.1 Å². The van der Waals surface area contributed by atoms with Crippen molar-refractivity contribution in [3.8, 4) is 39.2 Å². The number of anilines is 1. The lowest BCUT2D eigenvalue weighted by Crippen LogP contribution is -1.95. The van der Waals surface area contributed by atoms with E-state index in [0.717, 1.165) is 16.1 Å². The fraction of sp³-hybridized carbons (Fsp3) is 0.167. The molecule has 2 N–H and O–H groups in total. The Morgan fingerprint density at radius 1 is 0.852 bits per heavy atom. The molecular formula is C18H17N5O3S. The number of hydrogen-bond acceptors (Lipinski definition) is 8. The molecule has 4 rings (SSSR count). The molecule has 0 saturated heterocycles. The van der Waals surface area contributed by atoms with E-state index in [1.54, 1.807) is 25.8 Å². The quantitative estimate of drug-likeness (QED) is 0.529. The van der Waals surface area contributed by atoms with Crippen molar-refractivity contribution < 1.29 is 14.2 Å². The summed E-state index contributed by atoms with van der Waals surface area (Å²) in [5.41, 5.74) is 8.28. The number of nitrogens with zero attached hydrogens (tertiary/aromatic N) is 4. The van der Waals surface area contributed by atoms with Crippen LogP contribution in [0.2, 0.25) is 0 Å². The van der Waals surface area contributed by atoms with Gasteiger partial charge in [-0.15, -0.1) is 10.2 Å². The van der Waals surface area contributed by atoms with E-state index in [4.69, 9.17) is 19.9 Å². The molecule has 27 heavy (non-hydrogen) atoms. The molecule has 0 fully saturated rings. The van der Waals surface area contributed by atoms with Gasteiger partial charge in [-0.2, -0.15) is 9.61 Å². The molecule has 0 atom stereocenters. The van der Waals surface area contributed by atoms with Gasteiger partial charge in [-0.05, 0) is 36.4 Å². The Labute approximate surface area is 159 Å². The molecule has 0 aliphatic heterocycles. The second-order valence-corrected chi connectivity index (χ2v) is 6.61. The highest BCUT2D eigenvalue weighted by atomic mass is 32.1. The van der Waals surface area contributed by atoms with E-state index in [2.05, 4.69) is 15.3 Å². The summed E-state index contributed by atoms with van der Waals surface area (Å²) in [6.45, 7) is 0. The first-order chi connectivity index (χ1) is 13.1. The molecule has 0 amide bonds. The van der Waals surface area contributed by atoms with Gasteiger partial charge in [0.25, 0.3) is 0 Å². The summed E-state index contributed by atoms with van der Waals surface area (Å²) in [6.07, 6.45) is 0. The second kappa shape index (κ2) is 6.76. The smallest absolute Gasteiger partial charge is 0.235 e. The van der Waals surface area contributed by atoms with Crippen molar-refractivity contribution in [1.29, 1.82) is 0 Å². The van der Waals surface area contributed by atoms with E-state index in [0.29, 0.717) is 33.7 Å². The van der Waals surface area contributed by atoms with Crippen LogP contribution >= 0.6 is 11.3 Å². The molecule has 0 aliphatic carbocycles. The Morgan fingerprint density at radius 2 is 1.56 bits per heavy atom. The summed E-state index contributed by atoms with van der Waals surface area (Å²) in [6, 6.07) is 11.1. The topological polar surface area (TPSA) is 96.8 Å². The van der Waals surface area contributed by atoms with Gasteiger partial charge in [0.1, 0.15) is 10.8 Å². The minimum absolute atomic E-state index is 0.557. The number of aromatic nitrogens is 4. The summed E-state index contributed by atoms with van der Waals surface area (Å²) in [4.78, 5) is 0.684. The molecule has 138 valence electrons. The normalized spacial score (nSPS) is 10.9. The molecule has 0 bridgehead atoms. The molecule has 9 heteroatoms. The fourth-order valence-electron chi connectivity index (χ4n) is 2.76. The monoisotopic (exact) mass is 383 g/mol. The maximum Gasteiger partial charge on any atom is 0.235 e. The zero-order valence-corrected chi connectivity index (χ0v) is 15.8. The number of nitrogen functional groups attached to an aromatic ring is 1. The van der Waals surface area contributed by atoms with E-state index in [1.807, 2.05) is 36.4 Å². The first-order valence-corrected chi connectivity index (χ1v) is 8.84. The lowest BCUT2D eigenvalue weighted by molar-refractivity contribution is 0.355. The maximum atomic E-state index is 6.01. The number of rotatable bonds is 5. The molecular weight excluding hydrogens is 366 g/mol. The van der Waals surface area contributed by atoms with Gasteiger partial charge >= 0.3 is 0 Å². The molecule has 0 spiro atoms. The zero-order valence-electron chi connectivity index (χ0n) is 15.0. The molecule has 2 aromatic heterocycles. The molecule has 8 nitrogen and oxygen atoms in total. The average Bonchev–Trinajstić information content (AvgIpc) is 3.28. The molecule has 0 unspecified atom stereocenters. The predicted molar refractivity (Wildman–Crippen MR) is 104 cm³/mol. The van der Waals surface area contributed by atoms with Crippen LogP contribution < -0.4 is 19.9 Å². The third kappa shape index (κ3) is 2.91. The summed E-state index contributed by atoms with van der Waals surface area (Å²) in [5, 5.41) is 13.9. The highest BCUT2D eigenvalue weighted by Crippen LogP contribution is 2.34. The standard InChI is InChI=1S/C18H17N5O3S/c1-24-13-6-5-11(8-12(13)19)17-22-23-16(20-21-18(23)27-17)10-4-7-14(25-2)15(9-10)26-3/h4-9H,19H2,1-3H3. The molecule has 4 aromatic rings. The van der Waals surface area contributed by atoms with Crippen LogP contribution in [0.15, 0.2) is 36.4 Å². The molecule has 0 radical (unpaired) electrons. The van der Waals surface area contributed by atoms with Crippen LogP contribution in [-0.2, 0) is 0 Å². The van der Waals surface area contributed by atoms with Gasteiger partial charge in [0.05, 0.1) is 27.0 Å². The van der Waals surface area contributed by atoms with Crippen LogP contribution in [0.3, 0.4) is 0 Å². The summed E-state index contributed by atoms with van der Waals surface area (Å²) < 4.78 is 17.6. The molecule has 2 aromatic carbocycles. The van der Waals surface area contributed by atoms with Crippen LogP contribution in [0, 0.1) is 0 Å². The third-order valence-corrected chi connectivity index (χ3v) is 5.06. The number of hydrogen-bond donors (Lipinski definition) is 1. The van der Waals surface area contributed by atoms with Crippen molar-refractivity contribution in [1.82, 2.24) is 19.8 Å². The summed E-state index contributed by atoms with van der Waals surface area (Å²) >= 11 is 1.43. The molecule has 0 aliphatic rings. The minimum Gasteiger partial charge on any atom is -0.495 e. The van der Waals surface area contributed by atoms with Gasteiger partial charge < -0.3 is 19.9 Å². The van der Waals surface area contributed by atoms with E-state index in [-0.39, 0.29) is 0 Å². The van der Waals surface area contributed by atoms with E-state index >= 15 is 0 Å². The predicted octanol–water partition coefficient (Wildman–Crippen LogP) is 3.13. The number of benzene rings is 2. The number of fused-ring (bicyclic) bond motifs is 1. The van der Waals surface area contributed by atoms with Crippen molar-refractivity contribution in [3.05, 3.63) is 36.4 Å². The number of nitrogens with two attached hydrogens (primary N) is 1. The van der Waals surface area contributed by atoms with Gasteiger partial charge in [0, 0.05) is 11.1 Å². The van der Waals surface area contributed by atoms with Crippen LogP contribution in [0.4, 0.5) is 5.69 Å². The Kier molecular flexibility index (Phi) is 4.28. The van der Waals surface area contributed by atoms with Gasteiger partial charge in [-0.1, -0.05) is 11.3 Å². The largest absolute Gasteiger partial charge is 0.495 e. The van der Waals surface area contributed by atoms with Gasteiger partial charge in [0.15, 0.2) is 17.3 Å². The van der Waals surface area contributed by atoms with Crippen molar-refractivity contribution in [2.45, 2.75) is 0 Å². The third-order valence-electron chi connectivity index (χ3n) is 4.11. The van der Waals surface area contributed by atoms with E-state index < -0.39 is 0 Å². The summed E-state index contributed by atoms with van der Waals surface area (Å²) in [5.74, 6) is 2.52. The van der Waals surface area contributed by atoms with E-state index in [9.17, 15) is 0 Å². The Bertz CT molecular complexity index is 1120. The van der Waals surface area contributed by atoms with Crippen LogP contribution in [0.5, 0.6) is 17.2 Å². The fourth-order valence-corrected chi connectivity index (χ4v) is 3.59. The second-order valence-electron chi connectivity index (χ2n) is 5.65. The van der Waals surface area contributed by atoms with Gasteiger partial charge in [-0.25, -0.2) is 0 Å². The highest BCUT2D eigenvalue weighted by Gasteiger charge is 2.16. The zero-order chi connectivity index (χ0) is 19.0. The number of methoxy groups -OCH3 is 3. The Morgan fingerprint density at radius 3 is 2.26 bits per heavy atom. The van der Waals surface area contributed by atoms with Crippen molar-refractivity contribution >= 4 is 22.0 Å². The van der Waals surface area contributed by atoms with E-state index in [1.165, 1.54) is 11.3 Å². The minimum atomic E-state index is 0.557. The van der Waals surface area contributed by atoms with Crippen LogP contribution in [0.1, 0.15) is 0 Å². The average molecular weight is 383 g/mol. The lowest BCUT2D eigenvalue weighted by Gasteiger charge is -2.08. The first kappa shape index (κ1) is 17.1. The summed E-state index contributed by atoms with van der Waals surface area (Å²) in [7, 11) is 4.78. The Hall–Kier alpha value is -3.33. The van der Waals surface area contributed by atoms with Crippen molar-refractivity contribution in [2.24, 2.45) is 0 Å². The van der Waals surface area contributed by atoms with Crippen molar-refractivity contribution in [3.63, 3.8) is 0 Å². The SMILES string of the molecule is COc1ccc(-c2nn3c(-c4ccc(OC)c(OC)c4)nnc3s2)cc1N. The lowest BCUT2D eigenvalue weighted by atomic mass is 10.2.